The molecule has 0 radical (unpaired) electrons. The number of carbonyl (C=O) groups is 3. The number of urea groups is 1. The molecule has 0 spiro atoms. The zero-order chi connectivity index (χ0) is 33.6. The van der Waals surface area contributed by atoms with Crippen molar-refractivity contribution >= 4 is 17.8 Å². The van der Waals surface area contributed by atoms with Gasteiger partial charge in [0, 0.05) is 26.1 Å². The van der Waals surface area contributed by atoms with E-state index in [0.717, 1.165) is 33.6 Å². The number of methoxy groups -OCH3 is 1. The zero-order valence-electron chi connectivity index (χ0n) is 26.9. The Labute approximate surface area is 280 Å². The number of carbonyl (C=O) groups excluding carboxylic acids is 3. The lowest BCUT2D eigenvalue weighted by Gasteiger charge is -2.55. The minimum Gasteiger partial charge on any atom is -0.508 e. The molecule has 2 aliphatic rings. The number of nitrogens with one attached hydrogen (secondary N) is 1. The van der Waals surface area contributed by atoms with Gasteiger partial charge < -0.3 is 25.0 Å². The Morgan fingerprint density at radius 2 is 1.62 bits per heavy atom. The van der Waals surface area contributed by atoms with E-state index in [0.29, 0.717) is 6.54 Å². The van der Waals surface area contributed by atoms with Crippen LogP contribution < -0.4 is 10.1 Å². The van der Waals surface area contributed by atoms with Crippen LogP contribution in [0.5, 0.6) is 11.5 Å². The molecule has 48 heavy (non-hydrogen) atoms. The molecule has 10 heteroatoms. The topological polar surface area (TPSA) is 106 Å². The van der Waals surface area contributed by atoms with Gasteiger partial charge in [-0.2, -0.15) is 0 Å². The number of aromatic hydroxyl groups is 1. The molecule has 0 saturated carbocycles. The van der Waals surface area contributed by atoms with Gasteiger partial charge in [0.1, 0.15) is 23.7 Å². The Morgan fingerprint density at radius 3 is 2.35 bits per heavy atom. The van der Waals surface area contributed by atoms with Crippen molar-refractivity contribution in [2.75, 3.05) is 26.7 Å². The molecule has 2 N–H and O–H groups in total. The fourth-order valence-electron chi connectivity index (χ4n) is 6.43. The fourth-order valence-corrected chi connectivity index (χ4v) is 6.43. The first-order chi connectivity index (χ1) is 23.3. The van der Waals surface area contributed by atoms with Crippen molar-refractivity contribution in [3.05, 3.63) is 132 Å². The largest absolute Gasteiger partial charge is 0.508 e. The number of piperazine rings is 1. The number of hydrogen-bond acceptors (Lipinski definition) is 6. The molecule has 4 aromatic rings. The molecule has 0 aliphatic carbocycles. The molecule has 4 amide bonds. The van der Waals surface area contributed by atoms with E-state index in [9.17, 15) is 19.5 Å². The Balaban J connectivity index is 1.34. The van der Waals surface area contributed by atoms with Gasteiger partial charge in [-0.15, -0.1) is 6.58 Å². The molecule has 2 saturated heterocycles. The maximum atomic E-state index is 14.4. The van der Waals surface area contributed by atoms with Crippen LogP contribution in [0.1, 0.15) is 16.7 Å². The van der Waals surface area contributed by atoms with E-state index in [1.807, 2.05) is 78.9 Å². The van der Waals surface area contributed by atoms with Crippen molar-refractivity contribution in [2.24, 2.45) is 0 Å². The van der Waals surface area contributed by atoms with Crippen LogP contribution in [0.3, 0.4) is 0 Å². The SMILES string of the molecule is C=CCN1CC(=O)N2C(Cc3ccc(O)cc3)C(=O)N(Cc3cccc(-c4cccc(OC)c4)c3)CC2N1C(=O)NCc1ccccc1. The van der Waals surface area contributed by atoms with Crippen LogP contribution in [0.4, 0.5) is 4.79 Å². The summed E-state index contributed by atoms with van der Waals surface area (Å²) in [5.74, 6) is 0.407. The molecule has 2 aliphatic heterocycles. The predicted octanol–water partition coefficient (Wildman–Crippen LogP) is 4.80. The lowest BCUT2D eigenvalue weighted by Crippen LogP contribution is -2.76. The number of ether oxygens (including phenoxy) is 1. The predicted molar refractivity (Wildman–Crippen MR) is 182 cm³/mol. The monoisotopic (exact) mass is 645 g/mol. The molecule has 6 rings (SSSR count). The van der Waals surface area contributed by atoms with Gasteiger partial charge in [0.05, 0.1) is 20.2 Å². The van der Waals surface area contributed by atoms with Gasteiger partial charge in [-0.3, -0.25) is 9.59 Å². The summed E-state index contributed by atoms with van der Waals surface area (Å²) < 4.78 is 5.42. The van der Waals surface area contributed by atoms with Gasteiger partial charge in [0.15, 0.2) is 0 Å². The van der Waals surface area contributed by atoms with Crippen LogP contribution in [-0.2, 0) is 29.1 Å². The van der Waals surface area contributed by atoms with Gasteiger partial charge in [0.2, 0.25) is 11.8 Å². The summed E-state index contributed by atoms with van der Waals surface area (Å²) >= 11 is 0. The highest BCUT2D eigenvalue weighted by Gasteiger charge is 2.51. The molecule has 0 aromatic heterocycles. The number of fused-ring (bicyclic) bond motifs is 1. The standard InChI is InChI=1S/C38H39N5O5/c1-3-19-41-26-36(45)42-34(21-27-15-17-32(44)18-16-27)37(46)40(25-35(42)43(41)38(47)39-23-28-9-5-4-6-10-28)24-29-11-7-12-30(20-29)31-13-8-14-33(22-31)48-2/h3-18,20,22,34-35,44H,1,19,21,23-26H2,2H3,(H,39,47). The number of phenolic OH excluding ortho intramolecular Hbond substituents is 1. The summed E-state index contributed by atoms with van der Waals surface area (Å²) in [6.07, 6.45) is 1.12. The molecule has 2 unspecified atom stereocenters. The third-order valence-corrected chi connectivity index (χ3v) is 8.73. The number of hydrazine groups is 1. The molecule has 10 nitrogen and oxygen atoms in total. The van der Waals surface area contributed by atoms with E-state index in [1.165, 1.54) is 0 Å². The molecular weight excluding hydrogens is 606 g/mol. The number of rotatable bonds is 10. The first-order valence-corrected chi connectivity index (χ1v) is 15.9. The van der Waals surface area contributed by atoms with Crippen LogP contribution in [0.25, 0.3) is 11.1 Å². The number of benzene rings is 4. The molecule has 2 heterocycles. The van der Waals surface area contributed by atoms with Crippen LogP contribution in [0, 0.1) is 0 Å². The lowest BCUT2D eigenvalue weighted by molar-refractivity contribution is -0.189. The number of hydrogen-bond donors (Lipinski definition) is 2. The Bertz CT molecular complexity index is 1780. The number of phenols is 1. The van der Waals surface area contributed by atoms with Gasteiger partial charge in [-0.05, 0) is 58.1 Å². The van der Waals surface area contributed by atoms with Crippen LogP contribution >= 0.6 is 0 Å². The van der Waals surface area contributed by atoms with E-state index >= 15 is 0 Å². The minimum atomic E-state index is -0.863. The van der Waals surface area contributed by atoms with Gasteiger partial charge in [0.25, 0.3) is 0 Å². The molecular formula is C38H39N5O5. The van der Waals surface area contributed by atoms with E-state index in [2.05, 4.69) is 11.9 Å². The van der Waals surface area contributed by atoms with Crippen molar-refractivity contribution in [1.82, 2.24) is 25.1 Å². The van der Waals surface area contributed by atoms with Crippen molar-refractivity contribution in [3.8, 4) is 22.6 Å². The summed E-state index contributed by atoms with van der Waals surface area (Å²) in [5, 5.41) is 16.2. The Kier molecular flexibility index (Phi) is 9.73. The normalized spacial score (nSPS) is 18.0. The zero-order valence-corrected chi connectivity index (χ0v) is 26.9. The van der Waals surface area contributed by atoms with Crippen LogP contribution in [0.2, 0.25) is 0 Å². The van der Waals surface area contributed by atoms with Crippen molar-refractivity contribution in [2.45, 2.75) is 31.7 Å². The Hall–Kier alpha value is -5.61. The quantitative estimate of drug-likeness (QED) is 0.240. The molecule has 246 valence electrons. The molecule has 4 aromatic carbocycles. The average Bonchev–Trinajstić information content (AvgIpc) is 3.10. The van der Waals surface area contributed by atoms with Crippen LogP contribution in [0.15, 0.2) is 116 Å². The van der Waals surface area contributed by atoms with Gasteiger partial charge in [-0.25, -0.2) is 14.8 Å². The summed E-state index contributed by atoms with van der Waals surface area (Å²) in [4.78, 5) is 45.5. The van der Waals surface area contributed by atoms with E-state index in [-0.39, 0.29) is 56.2 Å². The third-order valence-electron chi connectivity index (χ3n) is 8.73. The highest BCUT2D eigenvalue weighted by atomic mass is 16.5. The lowest BCUT2D eigenvalue weighted by atomic mass is 9.97. The maximum absolute atomic E-state index is 14.4. The second kappa shape index (κ2) is 14.4. The summed E-state index contributed by atoms with van der Waals surface area (Å²) in [7, 11) is 1.63. The van der Waals surface area contributed by atoms with Gasteiger partial charge in [-0.1, -0.05) is 78.9 Å². The minimum absolute atomic E-state index is 0.0801. The number of nitrogens with zero attached hydrogens (tertiary/aromatic N) is 4. The second-order valence-corrected chi connectivity index (χ2v) is 11.9. The average molecular weight is 646 g/mol. The highest BCUT2D eigenvalue weighted by Crippen LogP contribution is 2.31. The molecule has 2 atom stereocenters. The van der Waals surface area contributed by atoms with Crippen molar-refractivity contribution in [1.29, 1.82) is 0 Å². The number of amides is 4. The fraction of sp³-hybridized carbons (Fsp3) is 0.237. The van der Waals surface area contributed by atoms with E-state index in [4.69, 9.17) is 4.74 Å². The summed E-state index contributed by atoms with van der Waals surface area (Å²) in [5.41, 5.74) is 4.59. The van der Waals surface area contributed by atoms with E-state index < -0.39 is 12.2 Å². The first kappa shape index (κ1) is 32.3. The maximum Gasteiger partial charge on any atom is 0.334 e. The van der Waals surface area contributed by atoms with E-state index in [1.54, 1.807) is 57.3 Å². The summed E-state index contributed by atoms with van der Waals surface area (Å²) in [6, 6.07) is 30.8. The van der Waals surface area contributed by atoms with Crippen LogP contribution in [-0.4, -0.2) is 81.7 Å². The Morgan fingerprint density at radius 1 is 0.917 bits per heavy atom. The third kappa shape index (κ3) is 7.03. The molecule has 2 fully saturated rings. The first-order valence-electron chi connectivity index (χ1n) is 15.9. The highest BCUT2D eigenvalue weighted by molar-refractivity contribution is 5.91. The van der Waals surface area contributed by atoms with Gasteiger partial charge >= 0.3 is 6.03 Å². The molecule has 0 bridgehead atoms. The van der Waals surface area contributed by atoms with Crippen molar-refractivity contribution in [3.63, 3.8) is 0 Å². The summed E-state index contributed by atoms with van der Waals surface area (Å²) in [6.45, 7) is 4.75. The van der Waals surface area contributed by atoms with Crippen molar-refractivity contribution < 1.29 is 24.2 Å². The smallest absolute Gasteiger partial charge is 0.334 e. The second-order valence-electron chi connectivity index (χ2n) is 11.9.